The molecule has 0 heterocycles. The summed E-state index contributed by atoms with van der Waals surface area (Å²) in [5.41, 5.74) is 1.12. The van der Waals surface area contributed by atoms with Crippen molar-refractivity contribution in [3.05, 3.63) is 102 Å². The number of carbonyl (C=O) groups excluding carboxylic acids is 1. The van der Waals surface area contributed by atoms with E-state index in [1.54, 1.807) is 36.4 Å². The highest BCUT2D eigenvalue weighted by molar-refractivity contribution is 7.86. The molecule has 0 aromatic heterocycles. The first kappa shape index (κ1) is 15.5. The molecule has 0 saturated carbocycles. The normalized spacial score (nSPS) is 13.2. The Balaban J connectivity index is 2.07. The number of hydrogen-bond donors (Lipinski definition) is 0. The second-order valence-electron chi connectivity index (χ2n) is 5.39. The lowest BCUT2D eigenvalue weighted by Gasteiger charge is -2.18. The van der Waals surface area contributed by atoms with Crippen LogP contribution >= 0.6 is 7.14 Å². The van der Waals surface area contributed by atoms with Gasteiger partial charge in [0.2, 0.25) is 5.52 Å². The fourth-order valence-electron chi connectivity index (χ4n) is 2.58. The summed E-state index contributed by atoms with van der Waals surface area (Å²) >= 11 is 0. The van der Waals surface area contributed by atoms with Crippen molar-refractivity contribution in [1.29, 1.82) is 0 Å². The van der Waals surface area contributed by atoms with Crippen molar-refractivity contribution in [1.82, 2.24) is 0 Å². The van der Waals surface area contributed by atoms with Crippen LogP contribution in [0.25, 0.3) is 0 Å². The maximum Gasteiger partial charge on any atom is 0.226 e. The molecule has 1 unspecified atom stereocenters. The highest BCUT2D eigenvalue weighted by Gasteiger charge is 2.34. The van der Waals surface area contributed by atoms with Crippen LogP contribution in [0.15, 0.2) is 91.0 Å². The third-order valence-corrected chi connectivity index (χ3v) is 6.63. The molecule has 0 aliphatic carbocycles. The fourth-order valence-corrected chi connectivity index (χ4v) is 5.08. The van der Waals surface area contributed by atoms with E-state index >= 15 is 0 Å². The first-order valence-electron chi connectivity index (χ1n) is 7.49. The molecule has 0 saturated heterocycles. The second kappa shape index (κ2) is 6.76. The van der Waals surface area contributed by atoms with Crippen molar-refractivity contribution in [2.45, 2.75) is 6.16 Å². The molecule has 2 nitrogen and oxygen atoms in total. The zero-order valence-corrected chi connectivity index (χ0v) is 13.5. The summed E-state index contributed by atoms with van der Waals surface area (Å²) in [6.45, 7) is 0. The molecule has 3 rings (SSSR count). The van der Waals surface area contributed by atoms with Gasteiger partial charge in [-0.2, -0.15) is 0 Å². The molecular formula is C20H17O2P. The minimum Gasteiger partial charge on any atom is -0.310 e. The molecule has 0 aliphatic rings. The van der Waals surface area contributed by atoms with Crippen LogP contribution in [0.3, 0.4) is 0 Å². The summed E-state index contributed by atoms with van der Waals surface area (Å²) in [4.78, 5) is 13.0. The molecule has 0 N–H and O–H groups in total. The molecule has 0 spiro atoms. The van der Waals surface area contributed by atoms with Crippen molar-refractivity contribution in [3.63, 3.8) is 0 Å². The second-order valence-corrected chi connectivity index (χ2v) is 8.11. The zero-order chi connectivity index (χ0) is 16.1. The average Bonchev–Trinajstić information content (AvgIpc) is 2.63. The predicted molar refractivity (Wildman–Crippen MR) is 94.6 cm³/mol. The van der Waals surface area contributed by atoms with E-state index in [1.165, 1.54) is 0 Å². The molecule has 3 aromatic rings. The highest BCUT2D eigenvalue weighted by atomic mass is 31.2. The number of carbonyl (C=O) groups is 1. The standard InChI is InChI=1S/C20H17O2P/c21-20(18-12-6-2-7-13-18)23(22,19-14-8-3-9-15-19)16-17-10-4-1-5-11-17/h1-15H,16H2. The smallest absolute Gasteiger partial charge is 0.226 e. The summed E-state index contributed by atoms with van der Waals surface area (Å²) in [5, 5.41) is 0.609. The van der Waals surface area contributed by atoms with Crippen LogP contribution in [-0.2, 0) is 10.7 Å². The van der Waals surface area contributed by atoms with E-state index in [0.29, 0.717) is 10.9 Å². The van der Waals surface area contributed by atoms with Crippen LogP contribution in [0.5, 0.6) is 0 Å². The molecule has 3 heteroatoms. The van der Waals surface area contributed by atoms with Crippen molar-refractivity contribution in [2.24, 2.45) is 0 Å². The van der Waals surface area contributed by atoms with Gasteiger partial charge in [-0.05, 0) is 5.56 Å². The Morgan fingerprint density at radius 1 is 0.696 bits per heavy atom. The van der Waals surface area contributed by atoms with Gasteiger partial charge in [-0.25, -0.2) is 0 Å². The van der Waals surface area contributed by atoms with Gasteiger partial charge in [0.1, 0.15) is 0 Å². The maximum atomic E-state index is 13.7. The van der Waals surface area contributed by atoms with E-state index in [1.807, 2.05) is 54.6 Å². The maximum absolute atomic E-state index is 13.7. The Labute approximate surface area is 136 Å². The van der Waals surface area contributed by atoms with Crippen LogP contribution in [0.2, 0.25) is 0 Å². The molecule has 0 aliphatic heterocycles. The van der Waals surface area contributed by atoms with Gasteiger partial charge in [0.15, 0.2) is 7.14 Å². The number of benzene rings is 3. The molecule has 3 aromatic carbocycles. The molecule has 0 amide bonds. The number of hydrogen-bond acceptors (Lipinski definition) is 2. The summed E-state index contributed by atoms with van der Waals surface area (Å²) in [6, 6.07) is 27.5. The SMILES string of the molecule is O=C(c1ccccc1)P(=O)(Cc1ccccc1)c1ccccc1. The van der Waals surface area contributed by atoms with Gasteiger partial charge >= 0.3 is 0 Å². The van der Waals surface area contributed by atoms with Gasteiger partial charge in [0, 0.05) is 17.0 Å². The van der Waals surface area contributed by atoms with Gasteiger partial charge < -0.3 is 4.57 Å². The van der Waals surface area contributed by atoms with E-state index in [-0.39, 0.29) is 11.7 Å². The molecule has 1 atom stereocenters. The molecule has 0 fully saturated rings. The lowest BCUT2D eigenvalue weighted by atomic mass is 10.2. The summed E-state index contributed by atoms with van der Waals surface area (Å²) in [7, 11) is -3.25. The summed E-state index contributed by atoms with van der Waals surface area (Å²) in [6.07, 6.45) is 0.242. The van der Waals surface area contributed by atoms with E-state index in [2.05, 4.69) is 0 Å². The fraction of sp³-hybridized carbons (Fsp3) is 0.0500. The van der Waals surface area contributed by atoms with Crippen LogP contribution < -0.4 is 5.30 Å². The van der Waals surface area contributed by atoms with Crippen molar-refractivity contribution >= 4 is 18.0 Å². The monoisotopic (exact) mass is 320 g/mol. The molecule has 0 bridgehead atoms. The Kier molecular flexibility index (Phi) is 4.55. The Morgan fingerprint density at radius 2 is 1.17 bits per heavy atom. The third kappa shape index (κ3) is 3.33. The average molecular weight is 320 g/mol. The topological polar surface area (TPSA) is 34.1 Å². The minimum atomic E-state index is -3.25. The first-order valence-corrected chi connectivity index (χ1v) is 9.38. The summed E-state index contributed by atoms with van der Waals surface area (Å²) < 4.78 is 13.7. The molecule has 0 radical (unpaired) electrons. The van der Waals surface area contributed by atoms with Gasteiger partial charge in [0.05, 0.1) is 0 Å². The Bertz CT molecular complexity index is 827. The Morgan fingerprint density at radius 3 is 1.74 bits per heavy atom. The van der Waals surface area contributed by atoms with Gasteiger partial charge in [-0.3, -0.25) is 4.79 Å². The van der Waals surface area contributed by atoms with Gasteiger partial charge in [-0.15, -0.1) is 0 Å². The molecule has 23 heavy (non-hydrogen) atoms. The van der Waals surface area contributed by atoms with Crippen molar-refractivity contribution < 1.29 is 9.36 Å². The van der Waals surface area contributed by atoms with E-state index < -0.39 is 7.14 Å². The molecular weight excluding hydrogens is 303 g/mol. The van der Waals surface area contributed by atoms with E-state index in [4.69, 9.17) is 0 Å². The highest BCUT2D eigenvalue weighted by Crippen LogP contribution is 2.50. The Hall–Kier alpha value is -2.44. The quantitative estimate of drug-likeness (QED) is 0.638. The van der Waals surface area contributed by atoms with Crippen LogP contribution in [0.4, 0.5) is 0 Å². The summed E-state index contributed by atoms with van der Waals surface area (Å²) in [5.74, 6) is 0. The largest absolute Gasteiger partial charge is 0.310 e. The van der Waals surface area contributed by atoms with Crippen LogP contribution in [-0.4, -0.2) is 5.52 Å². The molecule has 114 valence electrons. The third-order valence-electron chi connectivity index (χ3n) is 3.77. The van der Waals surface area contributed by atoms with Gasteiger partial charge in [-0.1, -0.05) is 91.0 Å². The van der Waals surface area contributed by atoms with Gasteiger partial charge in [0.25, 0.3) is 0 Å². The van der Waals surface area contributed by atoms with Crippen LogP contribution in [0, 0.1) is 0 Å². The number of rotatable bonds is 5. The minimum absolute atomic E-state index is 0.242. The van der Waals surface area contributed by atoms with E-state index in [0.717, 1.165) is 5.56 Å². The van der Waals surface area contributed by atoms with Crippen molar-refractivity contribution in [3.8, 4) is 0 Å². The predicted octanol–water partition coefficient (Wildman–Crippen LogP) is 4.72. The zero-order valence-electron chi connectivity index (χ0n) is 12.6. The van der Waals surface area contributed by atoms with Crippen LogP contribution in [0.1, 0.15) is 15.9 Å². The first-order chi connectivity index (χ1) is 11.2. The lowest BCUT2D eigenvalue weighted by Crippen LogP contribution is -2.15. The van der Waals surface area contributed by atoms with E-state index in [9.17, 15) is 9.36 Å². The van der Waals surface area contributed by atoms with Crippen molar-refractivity contribution in [2.75, 3.05) is 0 Å². The lowest BCUT2D eigenvalue weighted by molar-refractivity contribution is 0.107.